The number of rotatable bonds is 6. The summed E-state index contributed by atoms with van der Waals surface area (Å²) in [6.07, 6.45) is 2.83. The molecule has 1 N–H and O–H groups in total. The second kappa shape index (κ2) is 8.52. The van der Waals surface area contributed by atoms with Crippen LogP contribution >= 0.6 is 0 Å². The van der Waals surface area contributed by atoms with Gasteiger partial charge in [0, 0.05) is 12.1 Å². The van der Waals surface area contributed by atoms with Crippen molar-refractivity contribution >= 4 is 23.8 Å². The molecule has 4 rings (SSSR count). The maximum absolute atomic E-state index is 12.2. The number of fused-ring (bicyclic) bond motifs is 1. The molecule has 30 heavy (non-hydrogen) atoms. The third-order valence-electron chi connectivity index (χ3n) is 4.25. The summed E-state index contributed by atoms with van der Waals surface area (Å²) in [6, 6.07) is 16.5. The van der Waals surface area contributed by atoms with Crippen LogP contribution in [0.25, 0.3) is 11.8 Å². The van der Waals surface area contributed by atoms with Gasteiger partial charge in [0.1, 0.15) is 5.82 Å². The van der Waals surface area contributed by atoms with Gasteiger partial charge in [-0.05, 0) is 42.8 Å². The van der Waals surface area contributed by atoms with Crippen molar-refractivity contribution in [3.63, 3.8) is 0 Å². The molecule has 0 saturated heterocycles. The fourth-order valence-electron chi connectivity index (χ4n) is 2.90. The number of anilines is 1. The monoisotopic (exact) mass is 405 g/mol. The van der Waals surface area contributed by atoms with Crippen LogP contribution in [0.3, 0.4) is 0 Å². The first-order valence-corrected chi connectivity index (χ1v) is 9.25. The lowest BCUT2D eigenvalue weighted by Gasteiger charge is -2.08. The lowest BCUT2D eigenvalue weighted by Crippen LogP contribution is -2.21. The smallest absolute Gasteiger partial charge is 0.331 e. The second-order valence-electron chi connectivity index (χ2n) is 6.52. The number of carbonyl (C=O) groups is 2. The summed E-state index contributed by atoms with van der Waals surface area (Å²) in [6.45, 7) is 1.60. The van der Waals surface area contributed by atoms with Gasteiger partial charge >= 0.3 is 5.97 Å². The van der Waals surface area contributed by atoms with E-state index in [0.29, 0.717) is 17.3 Å². The molecule has 0 saturated carbocycles. The van der Waals surface area contributed by atoms with Crippen LogP contribution in [0, 0.1) is 6.92 Å². The molecule has 8 heteroatoms. The third-order valence-corrected chi connectivity index (χ3v) is 4.25. The van der Waals surface area contributed by atoms with E-state index in [0.717, 1.165) is 16.9 Å². The molecule has 0 atom stereocenters. The third kappa shape index (κ3) is 4.49. The highest BCUT2D eigenvalue weighted by Crippen LogP contribution is 2.32. The molecule has 2 aromatic carbocycles. The number of amides is 1. The van der Waals surface area contributed by atoms with Crippen LogP contribution in [0.15, 0.2) is 60.7 Å². The van der Waals surface area contributed by atoms with E-state index in [1.165, 1.54) is 6.08 Å². The van der Waals surface area contributed by atoms with Crippen molar-refractivity contribution < 1.29 is 23.8 Å². The first-order valence-electron chi connectivity index (χ1n) is 9.25. The van der Waals surface area contributed by atoms with Crippen LogP contribution in [0.4, 0.5) is 5.82 Å². The summed E-state index contributed by atoms with van der Waals surface area (Å²) in [7, 11) is 0. The van der Waals surface area contributed by atoms with Crippen molar-refractivity contribution in [1.82, 2.24) is 9.78 Å². The van der Waals surface area contributed by atoms with E-state index < -0.39 is 18.5 Å². The number of esters is 1. The molecule has 0 radical (unpaired) electrons. The molecule has 0 aliphatic carbocycles. The van der Waals surface area contributed by atoms with E-state index in [1.807, 2.05) is 37.3 Å². The van der Waals surface area contributed by atoms with E-state index in [-0.39, 0.29) is 6.79 Å². The number of hydrogen-bond acceptors (Lipinski definition) is 6. The Labute approximate surface area is 172 Å². The number of nitrogens with one attached hydrogen (secondary N) is 1. The predicted molar refractivity (Wildman–Crippen MR) is 109 cm³/mol. The summed E-state index contributed by atoms with van der Waals surface area (Å²) < 4.78 is 17.2. The molecule has 0 spiro atoms. The number of carbonyl (C=O) groups excluding carboxylic acids is 2. The number of para-hydroxylation sites is 1. The first-order chi connectivity index (χ1) is 14.6. The van der Waals surface area contributed by atoms with Crippen LogP contribution in [0.5, 0.6) is 11.5 Å². The van der Waals surface area contributed by atoms with E-state index in [2.05, 4.69) is 10.4 Å². The lowest BCUT2D eigenvalue weighted by atomic mass is 10.2. The molecule has 0 fully saturated rings. The highest BCUT2D eigenvalue weighted by atomic mass is 16.7. The van der Waals surface area contributed by atoms with Crippen molar-refractivity contribution in [3.05, 3.63) is 71.9 Å². The van der Waals surface area contributed by atoms with Gasteiger partial charge in [0.05, 0.1) is 11.4 Å². The number of benzene rings is 2. The number of ether oxygens (including phenoxy) is 3. The standard InChI is InChI=1S/C22H19N3O5/c1-15-11-20(25(24-15)17-5-3-2-4-6-17)23-21(26)13-28-22(27)10-8-16-7-9-18-19(12-16)30-14-29-18/h2-12H,13-14H2,1H3,(H,23,26)/b10-8+. The van der Waals surface area contributed by atoms with Crippen LogP contribution in [-0.4, -0.2) is 35.1 Å². The minimum absolute atomic E-state index is 0.183. The van der Waals surface area contributed by atoms with Crippen LogP contribution in [0.1, 0.15) is 11.3 Å². The van der Waals surface area contributed by atoms with Gasteiger partial charge in [0.2, 0.25) is 6.79 Å². The van der Waals surface area contributed by atoms with Crippen molar-refractivity contribution in [2.75, 3.05) is 18.7 Å². The Bertz CT molecular complexity index is 1110. The summed E-state index contributed by atoms with van der Waals surface area (Å²) in [5, 5.41) is 7.10. The number of aryl methyl sites for hydroxylation is 1. The van der Waals surface area contributed by atoms with Gasteiger partial charge in [-0.15, -0.1) is 0 Å². The number of nitrogens with zero attached hydrogens (tertiary/aromatic N) is 2. The Hall–Kier alpha value is -4.07. The van der Waals surface area contributed by atoms with E-state index >= 15 is 0 Å². The SMILES string of the molecule is Cc1cc(NC(=O)COC(=O)/C=C/c2ccc3c(c2)OCO3)n(-c2ccccc2)n1. The molecule has 1 amide bonds. The fourth-order valence-corrected chi connectivity index (χ4v) is 2.90. The zero-order valence-electron chi connectivity index (χ0n) is 16.2. The Kier molecular flexibility index (Phi) is 5.47. The maximum Gasteiger partial charge on any atom is 0.331 e. The largest absolute Gasteiger partial charge is 0.454 e. The molecule has 3 aromatic rings. The van der Waals surface area contributed by atoms with Crippen molar-refractivity contribution in [2.24, 2.45) is 0 Å². The lowest BCUT2D eigenvalue weighted by molar-refractivity contribution is -0.142. The van der Waals surface area contributed by atoms with Gasteiger partial charge in [-0.1, -0.05) is 24.3 Å². The molecule has 8 nitrogen and oxygen atoms in total. The van der Waals surface area contributed by atoms with Gasteiger partial charge in [0.25, 0.3) is 5.91 Å². The van der Waals surface area contributed by atoms with Gasteiger partial charge in [-0.3, -0.25) is 4.79 Å². The molecule has 1 aliphatic rings. The molecule has 1 aliphatic heterocycles. The molecular formula is C22H19N3O5. The predicted octanol–water partition coefficient (Wildman–Crippen LogP) is 3.10. The van der Waals surface area contributed by atoms with Crippen LogP contribution in [-0.2, 0) is 14.3 Å². The van der Waals surface area contributed by atoms with Crippen LogP contribution in [0.2, 0.25) is 0 Å². The van der Waals surface area contributed by atoms with E-state index in [1.54, 1.807) is 35.0 Å². The van der Waals surface area contributed by atoms with Crippen molar-refractivity contribution in [1.29, 1.82) is 0 Å². The topological polar surface area (TPSA) is 91.7 Å². The first kappa shape index (κ1) is 19.3. The highest BCUT2D eigenvalue weighted by Gasteiger charge is 2.13. The van der Waals surface area contributed by atoms with Crippen molar-refractivity contribution in [3.8, 4) is 17.2 Å². The summed E-state index contributed by atoms with van der Waals surface area (Å²) in [4.78, 5) is 24.2. The maximum atomic E-state index is 12.2. The normalized spacial score (nSPS) is 12.2. The minimum Gasteiger partial charge on any atom is -0.454 e. The quantitative estimate of drug-likeness (QED) is 0.501. The van der Waals surface area contributed by atoms with Gasteiger partial charge in [-0.2, -0.15) is 5.10 Å². The average molecular weight is 405 g/mol. The summed E-state index contributed by atoms with van der Waals surface area (Å²) in [5.74, 6) is 0.690. The molecule has 0 bridgehead atoms. The highest BCUT2D eigenvalue weighted by molar-refractivity contribution is 5.94. The number of hydrogen-bond donors (Lipinski definition) is 1. The van der Waals surface area contributed by atoms with Crippen molar-refractivity contribution in [2.45, 2.75) is 6.92 Å². The minimum atomic E-state index is -0.629. The van der Waals surface area contributed by atoms with E-state index in [4.69, 9.17) is 14.2 Å². The molecule has 152 valence electrons. The van der Waals surface area contributed by atoms with Gasteiger partial charge in [0.15, 0.2) is 18.1 Å². The molecule has 2 heterocycles. The Balaban J connectivity index is 1.32. The Morgan fingerprint density at radius 1 is 1.13 bits per heavy atom. The second-order valence-corrected chi connectivity index (χ2v) is 6.52. The van der Waals surface area contributed by atoms with Gasteiger partial charge < -0.3 is 19.5 Å². The average Bonchev–Trinajstić information content (AvgIpc) is 3.37. The molecule has 1 aromatic heterocycles. The molecular weight excluding hydrogens is 386 g/mol. The zero-order valence-corrected chi connectivity index (χ0v) is 16.2. The number of aromatic nitrogens is 2. The Morgan fingerprint density at radius 2 is 1.93 bits per heavy atom. The van der Waals surface area contributed by atoms with Crippen LogP contribution < -0.4 is 14.8 Å². The van der Waals surface area contributed by atoms with E-state index in [9.17, 15) is 9.59 Å². The van der Waals surface area contributed by atoms with Gasteiger partial charge in [-0.25, -0.2) is 9.48 Å². The summed E-state index contributed by atoms with van der Waals surface area (Å²) >= 11 is 0. The zero-order chi connectivity index (χ0) is 20.9. The Morgan fingerprint density at radius 3 is 2.77 bits per heavy atom. The fraction of sp³-hybridized carbons (Fsp3) is 0.136. The summed E-state index contributed by atoms with van der Waals surface area (Å²) in [5.41, 5.74) is 2.31. The molecule has 0 unspecified atom stereocenters.